The Balaban J connectivity index is 2.02. The second-order valence-corrected chi connectivity index (χ2v) is 6.77. The lowest BCUT2D eigenvalue weighted by Gasteiger charge is -2.13. The van der Waals surface area contributed by atoms with Gasteiger partial charge in [-0.25, -0.2) is 0 Å². The van der Waals surface area contributed by atoms with Crippen molar-refractivity contribution in [1.82, 2.24) is 0 Å². The number of aryl methyl sites for hydroxylation is 1. The molecule has 3 aromatic carbocycles. The first-order chi connectivity index (χ1) is 11.5. The zero-order valence-electron chi connectivity index (χ0n) is 13.6. The summed E-state index contributed by atoms with van der Waals surface area (Å²) in [6.07, 6.45) is 0.624. The van der Waals surface area contributed by atoms with Gasteiger partial charge in [-0.1, -0.05) is 71.7 Å². The smallest absolute Gasteiger partial charge is 0.121 e. The zero-order valence-corrected chi connectivity index (χ0v) is 15.1. The average Bonchev–Trinajstić information content (AvgIpc) is 2.59. The molecule has 0 radical (unpaired) electrons. The molecule has 0 saturated carbocycles. The minimum atomic E-state index is 0.127. The van der Waals surface area contributed by atoms with Gasteiger partial charge in [-0.3, -0.25) is 0 Å². The molecule has 1 N–H and O–H groups in total. The van der Waals surface area contributed by atoms with Crippen LogP contribution >= 0.6 is 23.2 Å². The lowest BCUT2D eigenvalue weighted by atomic mass is 9.95. The molecule has 3 heteroatoms. The van der Waals surface area contributed by atoms with Crippen molar-refractivity contribution in [3.05, 3.63) is 86.9 Å². The fourth-order valence-electron chi connectivity index (χ4n) is 2.83. The molecule has 122 valence electrons. The molecule has 0 unspecified atom stereocenters. The van der Waals surface area contributed by atoms with Gasteiger partial charge in [0.05, 0.1) is 5.02 Å². The number of benzene rings is 3. The normalized spacial score (nSPS) is 10.8. The van der Waals surface area contributed by atoms with Crippen molar-refractivity contribution < 1.29 is 5.11 Å². The van der Waals surface area contributed by atoms with E-state index in [9.17, 15) is 5.11 Å². The van der Waals surface area contributed by atoms with Gasteiger partial charge in [0.1, 0.15) is 5.75 Å². The van der Waals surface area contributed by atoms with Crippen molar-refractivity contribution in [2.24, 2.45) is 0 Å². The molecule has 0 saturated heterocycles. The highest BCUT2D eigenvalue weighted by Gasteiger charge is 2.14. The molecule has 0 amide bonds. The van der Waals surface area contributed by atoms with Gasteiger partial charge in [0.2, 0.25) is 0 Å². The summed E-state index contributed by atoms with van der Waals surface area (Å²) in [7, 11) is 0. The third-order valence-electron chi connectivity index (χ3n) is 4.30. The van der Waals surface area contributed by atoms with Crippen LogP contribution in [0.5, 0.6) is 5.75 Å². The third kappa shape index (κ3) is 3.28. The summed E-state index contributed by atoms with van der Waals surface area (Å²) >= 11 is 12.7. The molecular weight excluding hydrogens is 339 g/mol. The number of phenolic OH excluding ortho intramolecular Hbond substituents is 1. The lowest BCUT2D eigenvalue weighted by Crippen LogP contribution is -1.95. The molecule has 0 aliphatic carbocycles. The Hall–Kier alpha value is -1.96. The van der Waals surface area contributed by atoms with Gasteiger partial charge < -0.3 is 5.11 Å². The molecule has 1 nitrogen and oxygen atoms in total. The SMILES string of the molecule is Cc1ccc(Cc2c(Cl)cc(O)c(C)c2Cl)cc1-c1ccccc1. The molecule has 0 aliphatic heterocycles. The molecule has 0 aliphatic rings. The van der Waals surface area contributed by atoms with Crippen LogP contribution in [0.1, 0.15) is 22.3 Å². The van der Waals surface area contributed by atoms with E-state index in [2.05, 4.69) is 37.3 Å². The maximum Gasteiger partial charge on any atom is 0.121 e. The fourth-order valence-corrected chi connectivity index (χ4v) is 3.41. The fraction of sp³-hybridized carbons (Fsp3) is 0.143. The highest BCUT2D eigenvalue weighted by atomic mass is 35.5. The van der Waals surface area contributed by atoms with E-state index in [4.69, 9.17) is 23.2 Å². The van der Waals surface area contributed by atoms with Crippen molar-refractivity contribution in [2.45, 2.75) is 20.3 Å². The summed E-state index contributed by atoms with van der Waals surface area (Å²) in [5, 5.41) is 10.9. The number of phenols is 1. The Morgan fingerprint density at radius 3 is 2.33 bits per heavy atom. The molecule has 0 heterocycles. The number of hydrogen-bond acceptors (Lipinski definition) is 1. The van der Waals surface area contributed by atoms with Gasteiger partial charge in [0.15, 0.2) is 0 Å². The van der Waals surface area contributed by atoms with Crippen LogP contribution in [-0.2, 0) is 6.42 Å². The maximum atomic E-state index is 9.83. The van der Waals surface area contributed by atoms with Crippen LogP contribution in [0.2, 0.25) is 10.0 Å². The summed E-state index contributed by atoms with van der Waals surface area (Å²) in [6.45, 7) is 3.90. The van der Waals surface area contributed by atoms with Crippen molar-refractivity contribution in [2.75, 3.05) is 0 Å². The lowest BCUT2D eigenvalue weighted by molar-refractivity contribution is 0.471. The van der Waals surface area contributed by atoms with E-state index in [1.807, 2.05) is 18.2 Å². The Morgan fingerprint density at radius 2 is 1.62 bits per heavy atom. The third-order valence-corrected chi connectivity index (χ3v) is 5.15. The summed E-state index contributed by atoms with van der Waals surface area (Å²) < 4.78 is 0. The van der Waals surface area contributed by atoms with Gasteiger partial charge in [0, 0.05) is 17.0 Å². The van der Waals surface area contributed by atoms with Crippen LogP contribution in [-0.4, -0.2) is 5.11 Å². The Kier molecular flexibility index (Phi) is 4.84. The topological polar surface area (TPSA) is 20.2 Å². The predicted octanol–water partition coefficient (Wildman–Crippen LogP) is 6.57. The summed E-state index contributed by atoms with van der Waals surface area (Å²) in [6, 6.07) is 18.3. The second-order valence-electron chi connectivity index (χ2n) is 5.99. The molecule has 0 atom stereocenters. The molecule has 0 spiro atoms. The van der Waals surface area contributed by atoms with E-state index >= 15 is 0 Å². The van der Waals surface area contributed by atoms with Gasteiger partial charge in [-0.15, -0.1) is 0 Å². The summed E-state index contributed by atoms with van der Waals surface area (Å²) in [5.41, 5.74) is 6.26. The van der Waals surface area contributed by atoms with Crippen LogP contribution in [0.25, 0.3) is 11.1 Å². The zero-order chi connectivity index (χ0) is 17.3. The summed E-state index contributed by atoms with van der Waals surface area (Å²) in [5.74, 6) is 0.127. The van der Waals surface area contributed by atoms with Crippen LogP contribution in [0, 0.1) is 13.8 Å². The van der Waals surface area contributed by atoms with Crippen LogP contribution in [0.15, 0.2) is 54.6 Å². The number of aromatic hydroxyl groups is 1. The van der Waals surface area contributed by atoms with E-state index in [1.54, 1.807) is 13.0 Å². The summed E-state index contributed by atoms with van der Waals surface area (Å²) in [4.78, 5) is 0. The highest BCUT2D eigenvalue weighted by Crippen LogP contribution is 2.36. The highest BCUT2D eigenvalue weighted by molar-refractivity contribution is 6.36. The molecule has 0 fully saturated rings. The van der Waals surface area contributed by atoms with Gasteiger partial charge in [-0.2, -0.15) is 0 Å². The first-order valence-corrected chi connectivity index (χ1v) is 8.54. The number of rotatable bonds is 3. The number of halogens is 2. The predicted molar refractivity (Wildman–Crippen MR) is 102 cm³/mol. The van der Waals surface area contributed by atoms with E-state index in [1.165, 1.54) is 16.7 Å². The molecule has 3 aromatic rings. The average molecular weight is 357 g/mol. The van der Waals surface area contributed by atoms with Crippen LogP contribution < -0.4 is 0 Å². The molecule has 0 bridgehead atoms. The van der Waals surface area contributed by atoms with Crippen LogP contribution in [0.4, 0.5) is 0 Å². The minimum absolute atomic E-state index is 0.127. The Morgan fingerprint density at radius 1 is 0.917 bits per heavy atom. The standard InChI is InChI=1S/C21H18Cl2O/c1-13-8-9-15(10-17(13)16-6-4-3-5-7-16)11-18-19(22)12-20(24)14(2)21(18)23/h3-10,12,24H,11H2,1-2H3. The largest absolute Gasteiger partial charge is 0.508 e. The Bertz CT molecular complexity index is 886. The van der Waals surface area contributed by atoms with Gasteiger partial charge >= 0.3 is 0 Å². The Labute approximate surface area is 152 Å². The van der Waals surface area contributed by atoms with Gasteiger partial charge in [-0.05, 0) is 47.7 Å². The van der Waals surface area contributed by atoms with E-state index < -0.39 is 0 Å². The first kappa shape index (κ1) is 16.9. The molecular formula is C21H18Cl2O. The molecule has 3 rings (SSSR count). The van der Waals surface area contributed by atoms with Crippen molar-refractivity contribution in [3.8, 4) is 16.9 Å². The monoisotopic (exact) mass is 356 g/mol. The van der Waals surface area contributed by atoms with Crippen molar-refractivity contribution >= 4 is 23.2 Å². The minimum Gasteiger partial charge on any atom is -0.508 e. The molecule has 24 heavy (non-hydrogen) atoms. The number of hydrogen-bond donors (Lipinski definition) is 1. The quantitative estimate of drug-likeness (QED) is 0.562. The second kappa shape index (κ2) is 6.88. The first-order valence-electron chi connectivity index (χ1n) is 7.78. The van der Waals surface area contributed by atoms with Crippen molar-refractivity contribution in [1.29, 1.82) is 0 Å². The van der Waals surface area contributed by atoms with Gasteiger partial charge in [0.25, 0.3) is 0 Å². The van der Waals surface area contributed by atoms with Crippen molar-refractivity contribution in [3.63, 3.8) is 0 Å². The molecule has 0 aromatic heterocycles. The van der Waals surface area contributed by atoms with E-state index in [-0.39, 0.29) is 5.75 Å². The van der Waals surface area contributed by atoms with E-state index in [0.29, 0.717) is 22.0 Å². The van der Waals surface area contributed by atoms with Crippen LogP contribution in [0.3, 0.4) is 0 Å². The van der Waals surface area contributed by atoms with E-state index in [0.717, 1.165) is 11.1 Å². The maximum absolute atomic E-state index is 9.83.